The van der Waals surface area contributed by atoms with Gasteiger partial charge in [-0.15, -0.1) is 5.10 Å². The Morgan fingerprint density at radius 2 is 2.12 bits per heavy atom. The van der Waals surface area contributed by atoms with Crippen LogP contribution in [0.15, 0.2) is 36.4 Å². The second-order valence-corrected chi connectivity index (χ2v) is 9.03. The molecule has 2 N–H and O–H groups in total. The van der Waals surface area contributed by atoms with Gasteiger partial charge in [-0.1, -0.05) is 17.3 Å². The van der Waals surface area contributed by atoms with E-state index in [2.05, 4.69) is 25.3 Å². The van der Waals surface area contributed by atoms with Gasteiger partial charge in [0.15, 0.2) is 11.5 Å². The number of ether oxygens (including phenoxy) is 1. The lowest BCUT2D eigenvalue weighted by molar-refractivity contribution is 0.121. The fourth-order valence-corrected chi connectivity index (χ4v) is 4.22. The Hall–Kier alpha value is -3.18. The Kier molecular flexibility index (Phi) is 6.28. The van der Waals surface area contributed by atoms with Crippen LogP contribution in [0.1, 0.15) is 37.1 Å². The summed E-state index contributed by atoms with van der Waals surface area (Å²) in [5, 5.41) is 10.9. The molecule has 1 saturated carbocycles. The zero-order valence-electron chi connectivity index (χ0n) is 17.8. The number of aryl methyl sites for hydroxylation is 2. The standard InChI is InChI=1S/C21H23FN6O3S/c1-12-17(26-32(30)16-7-8-16)9-10-18(23-12)19-20(28(3)27-25-19)24-21(29)31-13(2)14-5-4-6-15(22)11-14/h4-6,9-11,13,16,26H,7-8H2,1-3H3,(H,24,29)/t13-,32?/m1/s1. The third-order valence-corrected chi connectivity index (χ3v) is 6.51. The van der Waals surface area contributed by atoms with E-state index in [1.165, 1.54) is 16.8 Å². The first kappa shape index (κ1) is 22.0. The molecule has 0 saturated heterocycles. The maximum atomic E-state index is 13.4. The van der Waals surface area contributed by atoms with Crippen molar-refractivity contribution in [3.05, 3.63) is 53.5 Å². The largest absolute Gasteiger partial charge is 0.593 e. The number of nitrogens with zero attached hydrogens (tertiary/aromatic N) is 4. The molecule has 2 heterocycles. The van der Waals surface area contributed by atoms with Crippen LogP contribution in [0.5, 0.6) is 0 Å². The number of halogens is 1. The van der Waals surface area contributed by atoms with Crippen LogP contribution in [-0.4, -0.2) is 35.9 Å². The molecule has 1 aliphatic carbocycles. The Bertz CT molecular complexity index is 1140. The van der Waals surface area contributed by atoms with E-state index in [-0.39, 0.29) is 5.25 Å². The summed E-state index contributed by atoms with van der Waals surface area (Å²) in [4.78, 5) is 17.0. The first-order chi connectivity index (χ1) is 15.3. The van der Waals surface area contributed by atoms with Crippen LogP contribution in [0, 0.1) is 12.7 Å². The quantitative estimate of drug-likeness (QED) is 0.516. The van der Waals surface area contributed by atoms with Crippen LogP contribution in [-0.2, 0) is 23.1 Å². The number of carbonyl (C=O) groups is 1. The van der Waals surface area contributed by atoms with Gasteiger partial charge in [0, 0.05) is 19.9 Å². The average Bonchev–Trinajstić information content (AvgIpc) is 3.54. The van der Waals surface area contributed by atoms with E-state index in [9.17, 15) is 13.7 Å². The molecule has 168 valence electrons. The van der Waals surface area contributed by atoms with Crippen molar-refractivity contribution < 1.29 is 18.5 Å². The van der Waals surface area contributed by atoms with E-state index in [4.69, 9.17) is 4.74 Å². The second kappa shape index (κ2) is 9.13. The topological polar surface area (TPSA) is 117 Å². The van der Waals surface area contributed by atoms with Crippen molar-refractivity contribution in [3.8, 4) is 11.4 Å². The lowest BCUT2D eigenvalue weighted by Crippen LogP contribution is -2.19. The molecule has 1 aromatic carbocycles. The first-order valence-electron chi connectivity index (χ1n) is 10.1. The number of hydrogen-bond acceptors (Lipinski definition) is 7. The number of anilines is 2. The van der Waals surface area contributed by atoms with Gasteiger partial charge in [0.1, 0.15) is 22.9 Å². The lowest BCUT2D eigenvalue weighted by atomic mass is 10.1. The van der Waals surface area contributed by atoms with Crippen LogP contribution in [0.3, 0.4) is 0 Å². The normalized spacial score (nSPS) is 15.2. The molecular formula is C21H23FN6O3S. The smallest absolute Gasteiger partial charge is 0.413 e. The molecule has 9 nitrogen and oxygen atoms in total. The number of rotatable bonds is 7. The predicted molar refractivity (Wildman–Crippen MR) is 119 cm³/mol. The van der Waals surface area contributed by atoms with Crippen molar-refractivity contribution in [3.63, 3.8) is 0 Å². The van der Waals surface area contributed by atoms with Gasteiger partial charge in [0.25, 0.3) is 0 Å². The van der Waals surface area contributed by atoms with Gasteiger partial charge in [-0.05, 0) is 43.7 Å². The van der Waals surface area contributed by atoms with E-state index in [0.717, 1.165) is 12.8 Å². The number of benzene rings is 1. The SMILES string of the molecule is Cc1nc(-c2nnn(C)c2NC(=O)O[C@H](C)c2cccc(F)c2)ccc1N[S+]([O-])C1CC1. The zero-order chi connectivity index (χ0) is 22.8. The molecule has 0 aliphatic heterocycles. The van der Waals surface area contributed by atoms with Crippen LogP contribution >= 0.6 is 0 Å². The average molecular weight is 459 g/mol. The number of carbonyl (C=O) groups excluding carboxylic acids is 1. The van der Waals surface area contributed by atoms with Gasteiger partial charge in [-0.3, -0.25) is 5.32 Å². The summed E-state index contributed by atoms with van der Waals surface area (Å²) >= 11 is -1.12. The van der Waals surface area contributed by atoms with Gasteiger partial charge >= 0.3 is 6.09 Å². The fourth-order valence-electron chi connectivity index (χ4n) is 3.06. The Labute approximate surface area is 187 Å². The third-order valence-electron chi connectivity index (χ3n) is 5.02. The van der Waals surface area contributed by atoms with E-state index >= 15 is 0 Å². The minimum absolute atomic E-state index is 0.200. The highest BCUT2D eigenvalue weighted by atomic mass is 32.2. The summed E-state index contributed by atoms with van der Waals surface area (Å²) in [5.41, 5.74) is 2.72. The molecule has 1 amide bonds. The maximum absolute atomic E-state index is 13.4. The van der Waals surface area contributed by atoms with Crippen molar-refractivity contribution in [1.29, 1.82) is 0 Å². The first-order valence-corrected chi connectivity index (χ1v) is 11.3. The molecule has 1 unspecified atom stereocenters. The lowest BCUT2D eigenvalue weighted by Gasteiger charge is -2.15. The fraction of sp³-hybridized carbons (Fsp3) is 0.333. The molecule has 1 aliphatic rings. The number of nitrogens with one attached hydrogen (secondary N) is 2. The molecule has 0 bridgehead atoms. The van der Waals surface area contributed by atoms with Crippen molar-refractivity contribution in [2.45, 2.75) is 38.0 Å². The van der Waals surface area contributed by atoms with Crippen LogP contribution < -0.4 is 10.0 Å². The minimum atomic E-state index is -1.12. The van der Waals surface area contributed by atoms with E-state index in [1.54, 1.807) is 45.2 Å². The van der Waals surface area contributed by atoms with Gasteiger partial charge in [0.05, 0.1) is 22.7 Å². The Morgan fingerprint density at radius 3 is 2.81 bits per heavy atom. The third kappa shape index (κ3) is 5.00. The molecule has 4 rings (SSSR count). The van der Waals surface area contributed by atoms with Crippen LogP contribution in [0.25, 0.3) is 11.4 Å². The molecule has 2 aromatic heterocycles. The van der Waals surface area contributed by atoms with Crippen molar-refractivity contribution in [1.82, 2.24) is 20.0 Å². The molecule has 2 atom stereocenters. The summed E-state index contributed by atoms with van der Waals surface area (Å²) in [6.45, 7) is 3.45. The molecular weight excluding hydrogens is 435 g/mol. The Morgan fingerprint density at radius 1 is 1.34 bits per heavy atom. The minimum Gasteiger partial charge on any atom is -0.593 e. The maximum Gasteiger partial charge on any atom is 0.413 e. The molecule has 11 heteroatoms. The summed E-state index contributed by atoms with van der Waals surface area (Å²) in [6, 6.07) is 9.36. The van der Waals surface area contributed by atoms with Crippen molar-refractivity contribution in [2.24, 2.45) is 7.05 Å². The monoisotopic (exact) mass is 458 g/mol. The highest BCUT2D eigenvalue weighted by Crippen LogP contribution is 2.31. The second-order valence-electron chi connectivity index (χ2n) is 7.57. The predicted octanol–water partition coefficient (Wildman–Crippen LogP) is 3.87. The molecule has 1 fully saturated rings. The van der Waals surface area contributed by atoms with E-state index in [1.807, 2.05) is 0 Å². The van der Waals surface area contributed by atoms with Gasteiger partial charge in [0.2, 0.25) is 0 Å². The van der Waals surface area contributed by atoms with Crippen LogP contribution in [0.4, 0.5) is 20.7 Å². The number of aromatic nitrogens is 4. The molecule has 32 heavy (non-hydrogen) atoms. The highest BCUT2D eigenvalue weighted by Gasteiger charge is 2.35. The Balaban J connectivity index is 1.48. The molecule has 0 spiro atoms. The number of hydrogen-bond donors (Lipinski definition) is 2. The van der Waals surface area contributed by atoms with Crippen molar-refractivity contribution in [2.75, 3.05) is 10.0 Å². The zero-order valence-corrected chi connectivity index (χ0v) is 18.6. The highest BCUT2D eigenvalue weighted by molar-refractivity contribution is 7.93. The van der Waals surface area contributed by atoms with E-state index in [0.29, 0.717) is 34.2 Å². The van der Waals surface area contributed by atoms with Crippen LogP contribution in [0.2, 0.25) is 0 Å². The molecule has 3 aromatic rings. The van der Waals surface area contributed by atoms with Crippen molar-refractivity contribution >= 4 is 29.0 Å². The summed E-state index contributed by atoms with van der Waals surface area (Å²) in [6.07, 6.45) is 0.538. The number of amides is 1. The summed E-state index contributed by atoms with van der Waals surface area (Å²) in [7, 11) is 1.63. The van der Waals surface area contributed by atoms with Gasteiger partial charge in [-0.2, -0.15) is 0 Å². The van der Waals surface area contributed by atoms with E-state index < -0.39 is 29.4 Å². The summed E-state index contributed by atoms with van der Waals surface area (Å²) < 4.78 is 35.3. The van der Waals surface area contributed by atoms with Gasteiger partial charge < -0.3 is 9.29 Å². The molecule has 0 radical (unpaired) electrons. The summed E-state index contributed by atoms with van der Waals surface area (Å²) in [5.74, 6) is -0.104. The van der Waals surface area contributed by atoms with Gasteiger partial charge in [-0.25, -0.2) is 23.6 Å². The number of pyridine rings is 1.